The van der Waals surface area contributed by atoms with E-state index in [1.165, 1.54) is 28.7 Å². The molecule has 0 aliphatic heterocycles. The SMILES string of the molecule is C=CCC(CC)C(=C(C)C)C(C)=C(C)C. The van der Waals surface area contributed by atoms with E-state index in [2.05, 4.69) is 48.1 Å². The highest BCUT2D eigenvalue weighted by atomic mass is 14.2. The Balaban J connectivity index is 5.25. The Bertz CT molecular complexity index is 268. The summed E-state index contributed by atoms with van der Waals surface area (Å²) in [6.45, 7) is 17.2. The molecule has 15 heavy (non-hydrogen) atoms. The maximum atomic E-state index is 3.86. The van der Waals surface area contributed by atoms with Crippen LogP contribution >= 0.6 is 0 Å². The van der Waals surface area contributed by atoms with Crippen molar-refractivity contribution in [1.82, 2.24) is 0 Å². The van der Waals surface area contributed by atoms with Crippen molar-refractivity contribution in [2.45, 2.75) is 54.4 Å². The van der Waals surface area contributed by atoms with Gasteiger partial charge < -0.3 is 0 Å². The molecule has 0 saturated carbocycles. The van der Waals surface area contributed by atoms with Gasteiger partial charge in [-0.25, -0.2) is 0 Å². The first-order chi connectivity index (χ1) is 6.95. The maximum Gasteiger partial charge on any atom is -0.0128 e. The van der Waals surface area contributed by atoms with E-state index in [0.717, 1.165) is 6.42 Å². The second kappa shape index (κ2) is 6.66. The molecule has 0 nitrogen and oxygen atoms in total. The zero-order chi connectivity index (χ0) is 12.0. The molecule has 1 atom stereocenters. The Morgan fingerprint density at radius 3 is 1.87 bits per heavy atom. The van der Waals surface area contributed by atoms with Crippen LogP contribution in [0.25, 0.3) is 0 Å². The molecule has 0 amide bonds. The third kappa shape index (κ3) is 4.07. The van der Waals surface area contributed by atoms with E-state index in [1.807, 2.05) is 6.08 Å². The van der Waals surface area contributed by atoms with Crippen molar-refractivity contribution in [3.05, 3.63) is 34.9 Å². The second-order valence-electron chi connectivity index (χ2n) is 4.67. The first-order valence-electron chi connectivity index (χ1n) is 5.88. The lowest BCUT2D eigenvalue weighted by molar-refractivity contribution is 0.600. The molecule has 0 aromatic rings. The Morgan fingerprint density at radius 1 is 1.07 bits per heavy atom. The molecule has 0 rings (SSSR count). The van der Waals surface area contributed by atoms with E-state index in [0.29, 0.717) is 5.92 Å². The lowest BCUT2D eigenvalue weighted by Crippen LogP contribution is -2.06. The van der Waals surface area contributed by atoms with Crippen molar-refractivity contribution in [3.63, 3.8) is 0 Å². The van der Waals surface area contributed by atoms with Crippen LogP contribution in [0.2, 0.25) is 0 Å². The van der Waals surface area contributed by atoms with Gasteiger partial charge >= 0.3 is 0 Å². The lowest BCUT2D eigenvalue weighted by atomic mass is 9.84. The standard InChI is InChI=1S/C15H26/c1-8-10-14(9-2)15(12(5)6)13(7)11(3)4/h8,14H,1,9-10H2,2-7H3. The molecular formula is C15H26. The monoisotopic (exact) mass is 206 g/mol. The molecule has 0 heterocycles. The third-order valence-corrected chi connectivity index (χ3v) is 3.04. The van der Waals surface area contributed by atoms with Crippen molar-refractivity contribution in [3.8, 4) is 0 Å². The van der Waals surface area contributed by atoms with E-state index >= 15 is 0 Å². The highest BCUT2D eigenvalue weighted by Crippen LogP contribution is 2.30. The maximum absolute atomic E-state index is 3.86. The van der Waals surface area contributed by atoms with Crippen molar-refractivity contribution in [2.24, 2.45) is 5.92 Å². The molecule has 0 saturated heterocycles. The molecule has 0 spiro atoms. The van der Waals surface area contributed by atoms with Gasteiger partial charge in [0, 0.05) is 0 Å². The largest absolute Gasteiger partial charge is 0.103 e. The summed E-state index contributed by atoms with van der Waals surface area (Å²) < 4.78 is 0. The summed E-state index contributed by atoms with van der Waals surface area (Å²) in [7, 11) is 0. The van der Waals surface area contributed by atoms with Crippen LogP contribution in [0.3, 0.4) is 0 Å². The van der Waals surface area contributed by atoms with Gasteiger partial charge in [0.15, 0.2) is 0 Å². The number of allylic oxidation sites excluding steroid dienone is 5. The molecule has 0 aliphatic carbocycles. The average molecular weight is 206 g/mol. The van der Waals surface area contributed by atoms with E-state index in [1.54, 1.807) is 0 Å². The molecule has 1 unspecified atom stereocenters. The summed E-state index contributed by atoms with van der Waals surface area (Å²) in [5, 5.41) is 0. The van der Waals surface area contributed by atoms with Crippen LogP contribution in [0, 0.1) is 5.92 Å². The Labute approximate surface area is 95.8 Å². The summed E-state index contributed by atoms with van der Waals surface area (Å²) in [4.78, 5) is 0. The molecule has 86 valence electrons. The van der Waals surface area contributed by atoms with Gasteiger partial charge in [-0.15, -0.1) is 6.58 Å². The molecule has 0 bridgehead atoms. The zero-order valence-corrected chi connectivity index (χ0v) is 11.3. The molecule has 0 aliphatic rings. The fourth-order valence-corrected chi connectivity index (χ4v) is 2.05. The predicted octanol–water partition coefficient (Wildman–Crippen LogP) is 5.28. The van der Waals surface area contributed by atoms with Gasteiger partial charge in [0.05, 0.1) is 0 Å². The van der Waals surface area contributed by atoms with Crippen LogP contribution in [0.15, 0.2) is 34.9 Å². The van der Waals surface area contributed by atoms with Gasteiger partial charge in [0.1, 0.15) is 0 Å². The fourth-order valence-electron chi connectivity index (χ4n) is 2.05. The highest BCUT2D eigenvalue weighted by molar-refractivity contribution is 5.37. The van der Waals surface area contributed by atoms with Crippen LogP contribution in [0.1, 0.15) is 54.4 Å². The second-order valence-corrected chi connectivity index (χ2v) is 4.67. The molecule has 0 aromatic carbocycles. The van der Waals surface area contributed by atoms with E-state index < -0.39 is 0 Å². The summed E-state index contributed by atoms with van der Waals surface area (Å²) in [6.07, 6.45) is 4.31. The van der Waals surface area contributed by atoms with E-state index in [4.69, 9.17) is 0 Å². The minimum Gasteiger partial charge on any atom is -0.103 e. The minimum absolute atomic E-state index is 0.641. The number of hydrogen-bond acceptors (Lipinski definition) is 0. The predicted molar refractivity (Wildman–Crippen MR) is 71.0 cm³/mol. The van der Waals surface area contributed by atoms with E-state index in [9.17, 15) is 0 Å². The lowest BCUT2D eigenvalue weighted by Gasteiger charge is -2.21. The van der Waals surface area contributed by atoms with Crippen LogP contribution in [-0.2, 0) is 0 Å². The Kier molecular flexibility index (Phi) is 6.31. The summed E-state index contributed by atoms with van der Waals surface area (Å²) in [5.41, 5.74) is 5.87. The summed E-state index contributed by atoms with van der Waals surface area (Å²) in [6, 6.07) is 0. The first-order valence-corrected chi connectivity index (χ1v) is 5.88. The van der Waals surface area contributed by atoms with Crippen molar-refractivity contribution in [2.75, 3.05) is 0 Å². The van der Waals surface area contributed by atoms with Crippen molar-refractivity contribution >= 4 is 0 Å². The average Bonchev–Trinajstić information content (AvgIpc) is 2.15. The number of rotatable bonds is 5. The summed E-state index contributed by atoms with van der Waals surface area (Å²) >= 11 is 0. The molecular weight excluding hydrogens is 180 g/mol. The van der Waals surface area contributed by atoms with Gasteiger partial charge in [-0.2, -0.15) is 0 Å². The van der Waals surface area contributed by atoms with Gasteiger partial charge in [0.25, 0.3) is 0 Å². The van der Waals surface area contributed by atoms with Gasteiger partial charge in [-0.3, -0.25) is 0 Å². The minimum atomic E-state index is 0.641. The first kappa shape index (κ1) is 14.2. The molecule has 0 N–H and O–H groups in total. The quantitative estimate of drug-likeness (QED) is 0.424. The fraction of sp³-hybridized carbons (Fsp3) is 0.600. The van der Waals surface area contributed by atoms with Crippen LogP contribution < -0.4 is 0 Å². The van der Waals surface area contributed by atoms with E-state index in [-0.39, 0.29) is 0 Å². The number of hydrogen-bond donors (Lipinski definition) is 0. The summed E-state index contributed by atoms with van der Waals surface area (Å²) in [5.74, 6) is 0.641. The third-order valence-electron chi connectivity index (χ3n) is 3.04. The van der Waals surface area contributed by atoms with Crippen LogP contribution in [0.5, 0.6) is 0 Å². The molecule has 0 heteroatoms. The zero-order valence-electron chi connectivity index (χ0n) is 11.3. The van der Waals surface area contributed by atoms with Crippen molar-refractivity contribution < 1.29 is 0 Å². The normalized spacial score (nSPS) is 11.9. The topological polar surface area (TPSA) is 0 Å². The van der Waals surface area contributed by atoms with Gasteiger partial charge in [-0.05, 0) is 64.5 Å². The molecule has 0 aromatic heterocycles. The highest BCUT2D eigenvalue weighted by Gasteiger charge is 2.14. The van der Waals surface area contributed by atoms with Crippen LogP contribution in [0.4, 0.5) is 0 Å². The Morgan fingerprint density at radius 2 is 1.60 bits per heavy atom. The smallest absolute Gasteiger partial charge is 0.0128 e. The van der Waals surface area contributed by atoms with Crippen molar-refractivity contribution in [1.29, 1.82) is 0 Å². The van der Waals surface area contributed by atoms with Gasteiger partial charge in [0.2, 0.25) is 0 Å². The molecule has 0 radical (unpaired) electrons. The van der Waals surface area contributed by atoms with Gasteiger partial charge in [-0.1, -0.05) is 24.1 Å². The van der Waals surface area contributed by atoms with Crippen LogP contribution in [-0.4, -0.2) is 0 Å². The molecule has 0 fully saturated rings. The Hall–Kier alpha value is -0.780.